The van der Waals surface area contributed by atoms with Gasteiger partial charge in [-0.1, -0.05) is 19.1 Å². The molecular weight excluding hydrogens is 240 g/mol. The Kier molecular flexibility index (Phi) is 4.75. The molecule has 1 aromatic carbocycles. The van der Waals surface area contributed by atoms with Crippen LogP contribution >= 0.6 is 0 Å². The molecule has 1 aromatic heterocycles. The number of hydrogen-bond acceptors (Lipinski definition) is 4. The van der Waals surface area contributed by atoms with Crippen molar-refractivity contribution in [2.24, 2.45) is 0 Å². The highest BCUT2D eigenvalue weighted by atomic mass is 16.5. The van der Waals surface area contributed by atoms with Gasteiger partial charge in [0.05, 0.1) is 12.8 Å². The van der Waals surface area contributed by atoms with E-state index in [1.54, 1.807) is 7.11 Å². The fourth-order valence-corrected chi connectivity index (χ4v) is 1.65. The molecule has 0 aliphatic heterocycles. The van der Waals surface area contributed by atoms with Gasteiger partial charge in [0, 0.05) is 18.7 Å². The number of ether oxygens (including phenoxy) is 2. The largest absolute Gasteiger partial charge is 0.497 e. The van der Waals surface area contributed by atoms with Gasteiger partial charge in [0.25, 0.3) is 0 Å². The molecule has 0 spiro atoms. The van der Waals surface area contributed by atoms with Gasteiger partial charge in [0.2, 0.25) is 5.88 Å². The zero-order valence-corrected chi connectivity index (χ0v) is 11.2. The van der Waals surface area contributed by atoms with E-state index < -0.39 is 0 Å². The Bertz CT molecular complexity index is 529. The second kappa shape index (κ2) is 6.75. The van der Waals surface area contributed by atoms with Gasteiger partial charge >= 0.3 is 0 Å². The van der Waals surface area contributed by atoms with Crippen molar-refractivity contribution in [3.8, 4) is 17.4 Å². The highest BCUT2D eigenvalue weighted by Gasteiger charge is 2.01. The molecule has 0 bridgehead atoms. The van der Waals surface area contributed by atoms with Gasteiger partial charge < -0.3 is 14.8 Å². The summed E-state index contributed by atoms with van der Waals surface area (Å²) < 4.78 is 10.9. The minimum absolute atomic E-state index is 0.587. The first kappa shape index (κ1) is 13.4. The summed E-state index contributed by atoms with van der Waals surface area (Å²) in [5, 5.41) is 3.24. The maximum Gasteiger partial charge on any atom is 0.219 e. The number of hydrogen-bond donors (Lipinski definition) is 1. The van der Waals surface area contributed by atoms with Crippen molar-refractivity contribution in [2.45, 2.75) is 13.5 Å². The van der Waals surface area contributed by atoms with Crippen molar-refractivity contribution >= 4 is 0 Å². The summed E-state index contributed by atoms with van der Waals surface area (Å²) in [6.45, 7) is 3.73. The van der Waals surface area contributed by atoms with Crippen LogP contribution in [0.1, 0.15) is 12.6 Å². The number of pyridine rings is 1. The van der Waals surface area contributed by atoms with Gasteiger partial charge in [-0.25, -0.2) is 4.98 Å². The van der Waals surface area contributed by atoms with Crippen LogP contribution in [0, 0.1) is 0 Å². The maximum absolute atomic E-state index is 5.72. The zero-order valence-electron chi connectivity index (χ0n) is 11.2. The highest BCUT2D eigenvalue weighted by molar-refractivity contribution is 5.35. The lowest BCUT2D eigenvalue weighted by Gasteiger charge is -2.08. The van der Waals surface area contributed by atoms with Crippen molar-refractivity contribution in [1.29, 1.82) is 0 Å². The average molecular weight is 258 g/mol. The summed E-state index contributed by atoms with van der Waals surface area (Å²) in [5.74, 6) is 2.07. The molecule has 0 atom stereocenters. The molecule has 2 rings (SSSR count). The second-order valence-corrected chi connectivity index (χ2v) is 4.03. The van der Waals surface area contributed by atoms with E-state index in [-0.39, 0.29) is 0 Å². The van der Waals surface area contributed by atoms with Crippen LogP contribution in [0.3, 0.4) is 0 Å². The molecular formula is C15H18N2O2. The molecule has 0 fully saturated rings. The summed E-state index contributed by atoms with van der Waals surface area (Å²) in [6.07, 6.45) is 0. The van der Waals surface area contributed by atoms with Gasteiger partial charge in [0.15, 0.2) is 0 Å². The summed E-state index contributed by atoms with van der Waals surface area (Å²) in [4.78, 5) is 4.44. The lowest BCUT2D eigenvalue weighted by molar-refractivity contribution is 0.407. The lowest BCUT2D eigenvalue weighted by Crippen LogP contribution is -2.12. The van der Waals surface area contributed by atoms with Crippen molar-refractivity contribution in [2.75, 3.05) is 13.7 Å². The van der Waals surface area contributed by atoms with Crippen LogP contribution in [0.2, 0.25) is 0 Å². The van der Waals surface area contributed by atoms with Gasteiger partial charge in [-0.05, 0) is 24.7 Å². The maximum atomic E-state index is 5.72. The predicted molar refractivity (Wildman–Crippen MR) is 74.7 cm³/mol. The Labute approximate surface area is 113 Å². The minimum Gasteiger partial charge on any atom is -0.497 e. The molecule has 4 nitrogen and oxygen atoms in total. The van der Waals surface area contributed by atoms with Gasteiger partial charge in [-0.3, -0.25) is 0 Å². The van der Waals surface area contributed by atoms with E-state index in [2.05, 4.69) is 17.2 Å². The number of aromatic nitrogens is 1. The van der Waals surface area contributed by atoms with Crippen molar-refractivity contribution in [3.05, 3.63) is 48.2 Å². The Morgan fingerprint density at radius 2 is 1.89 bits per heavy atom. The average Bonchev–Trinajstić information content (AvgIpc) is 2.46. The third kappa shape index (κ3) is 3.96. The molecule has 0 saturated carbocycles. The van der Waals surface area contributed by atoms with E-state index in [0.29, 0.717) is 11.6 Å². The Balaban J connectivity index is 2.09. The van der Waals surface area contributed by atoms with E-state index in [0.717, 1.165) is 24.5 Å². The molecule has 4 heteroatoms. The minimum atomic E-state index is 0.587. The summed E-state index contributed by atoms with van der Waals surface area (Å²) in [6, 6.07) is 13.2. The van der Waals surface area contributed by atoms with Crippen LogP contribution in [-0.2, 0) is 6.54 Å². The van der Waals surface area contributed by atoms with Crippen molar-refractivity contribution < 1.29 is 9.47 Å². The number of nitrogens with zero attached hydrogens (tertiary/aromatic N) is 1. The van der Waals surface area contributed by atoms with Gasteiger partial charge in [0.1, 0.15) is 11.5 Å². The van der Waals surface area contributed by atoms with E-state index in [1.165, 1.54) is 0 Å². The van der Waals surface area contributed by atoms with E-state index >= 15 is 0 Å². The topological polar surface area (TPSA) is 43.4 Å². The molecule has 0 radical (unpaired) electrons. The number of methoxy groups -OCH3 is 1. The number of rotatable bonds is 6. The highest BCUT2D eigenvalue weighted by Crippen LogP contribution is 2.23. The zero-order chi connectivity index (χ0) is 13.5. The third-order valence-electron chi connectivity index (χ3n) is 2.60. The molecule has 0 amide bonds. The van der Waals surface area contributed by atoms with Crippen LogP contribution in [0.25, 0.3) is 0 Å². The normalized spacial score (nSPS) is 10.2. The van der Waals surface area contributed by atoms with E-state index in [1.807, 2.05) is 42.5 Å². The standard InChI is InChI=1S/C15H18N2O2/c1-3-16-11-12-6-4-9-15(17-12)19-14-8-5-7-13(10-14)18-2/h4-10,16H,3,11H2,1-2H3. The van der Waals surface area contributed by atoms with Crippen molar-refractivity contribution in [3.63, 3.8) is 0 Å². The SMILES string of the molecule is CCNCc1cccc(Oc2cccc(OC)c2)n1. The molecule has 19 heavy (non-hydrogen) atoms. The summed E-state index contributed by atoms with van der Waals surface area (Å²) in [7, 11) is 1.63. The molecule has 0 saturated heterocycles. The molecule has 1 N–H and O–H groups in total. The quantitative estimate of drug-likeness (QED) is 0.865. The fourth-order valence-electron chi connectivity index (χ4n) is 1.65. The van der Waals surface area contributed by atoms with Crippen LogP contribution in [0.15, 0.2) is 42.5 Å². The summed E-state index contributed by atoms with van der Waals surface area (Å²) >= 11 is 0. The van der Waals surface area contributed by atoms with Crippen LogP contribution in [-0.4, -0.2) is 18.6 Å². The monoisotopic (exact) mass is 258 g/mol. The predicted octanol–water partition coefficient (Wildman–Crippen LogP) is 2.99. The van der Waals surface area contributed by atoms with E-state index in [9.17, 15) is 0 Å². The molecule has 0 aliphatic carbocycles. The first-order chi connectivity index (χ1) is 9.31. The molecule has 2 aromatic rings. The first-order valence-corrected chi connectivity index (χ1v) is 6.30. The smallest absolute Gasteiger partial charge is 0.219 e. The lowest BCUT2D eigenvalue weighted by atomic mass is 10.3. The van der Waals surface area contributed by atoms with Crippen molar-refractivity contribution in [1.82, 2.24) is 10.3 Å². The summed E-state index contributed by atoms with van der Waals surface area (Å²) in [5.41, 5.74) is 0.960. The number of nitrogens with one attached hydrogen (secondary N) is 1. The number of benzene rings is 1. The van der Waals surface area contributed by atoms with E-state index in [4.69, 9.17) is 9.47 Å². The second-order valence-electron chi connectivity index (χ2n) is 4.03. The van der Waals surface area contributed by atoms with Crippen LogP contribution in [0.5, 0.6) is 17.4 Å². The third-order valence-corrected chi connectivity index (χ3v) is 2.60. The molecule has 100 valence electrons. The van der Waals surface area contributed by atoms with Gasteiger partial charge in [-0.15, -0.1) is 0 Å². The Morgan fingerprint density at radius 3 is 2.68 bits per heavy atom. The fraction of sp³-hybridized carbons (Fsp3) is 0.267. The molecule has 1 heterocycles. The first-order valence-electron chi connectivity index (χ1n) is 6.30. The Hall–Kier alpha value is -2.07. The van der Waals surface area contributed by atoms with Crippen LogP contribution in [0.4, 0.5) is 0 Å². The molecule has 0 unspecified atom stereocenters. The Morgan fingerprint density at radius 1 is 1.11 bits per heavy atom. The van der Waals surface area contributed by atoms with Gasteiger partial charge in [-0.2, -0.15) is 0 Å². The van der Waals surface area contributed by atoms with Crippen LogP contribution < -0.4 is 14.8 Å². The molecule has 0 aliphatic rings.